The molecule has 3 N–H and O–H groups in total. The number of amides is 1. The van der Waals surface area contributed by atoms with Gasteiger partial charge in [-0.15, -0.1) is 0 Å². The van der Waals surface area contributed by atoms with Gasteiger partial charge < -0.3 is 15.0 Å². The van der Waals surface area contributed by atoms with Gasteiger partial charge in [0, 0.05) is 17.5 Å². The molecule has 2 heterocycles. The molecule has 1 saturated heterocycles. The molecule has 2 aromatic carbocycles. The first-order valence-corrected chi connectivity index (χ1v) is 9.92. The quantitative estimate of drug-likeness (QED) is 0.558. The van der Waals surface area contributed by atoms with Crippen LogP contribution < -0.4 is 15.8 Å². The molecule has 1 aliphatic heterocycles. The lowest BCUT2D eigenvalue weighted by atomic mass is 10.1. The molecule has 4 rings (SSSR count). The van der Waals surface area contributed by atoms with Gasteiger partial charge in [-0.1, -0.05) is 42.5 Å². The number of aromatic amines is 1. The van der Waals surface area contributed by atoms with Crippen molar-refractivity contribution >= 4 is 16.7 Å². The Kier molecular flexibility index (Phi) is 5.97. The fourth-order valence-corrected chi connectivity index (χ4v) is 3.72. The molecule has 0 radical (unpaired) electrons. The van der Waals surface area contributed by atoms with Gasteiger partial charge in [0.25, 0.3) is 5.56 Å². The predicted octanol–water partition coefficient (Wildman–Crippen LogP) is 0.197. The maximum Gasteiger partial charge on any atom is 0.272 e. The van der Waals surface area contributed by atoms with Crippen molar-refractivity contribution in [3.63, 3.8) is 0 Å². The van der Waals surface area contributed by atoms with E-state index in [1.165, 1.54) is 10.5 Å². The maximum absolute atomic E-state index is 12.6. The first-order chi connectivity index (χ1) is 14.2. The normalized spacial score (nSPS) is 14.8. The summed E-state index contributed by atoms with van der Waals surface area (Å²) in [6.07, 6.45) is 0.119. The van der Waals surface area contributed by atoms with E-state index < -0.39 is 0 Å². The van der Waals surface area contributed by atoms with Gasteiger partial charge in [0.2, 0.25) is 5.91 Å². The Morgan fingerprint density at radius 1 is 1.03 bits per heavy atom. The van der Waals surface area contributed by atoms with Crippen LogP contribution in [0.3, 0.4) is 0 Å². The monoisotopic (exact) mass is 393 g/mol. The summed E-state index contributed by atoms with van der Waals surface area (Å²) in [5, 5.41) is 10.8. The third kappa shape index (κ3) is 4.70. The van der Waals surface area contributed by atoms with E-state index in [4.69, 9.17) is 4.74 Å². The third-order valence-corrected chi connectivity index (χ3v) is 5.34. The molecule has 1 aromatic heterocycles. The van der Waals surface area contributed by atoms with Crippen LogP contribution in [0.5, 0.6) is 0 Å². The summed E-state index contributed by atoms with van der Waals surface area (Å²) in [5.74, 6) is -0.122. The Hall–Kier alpha value is -3.03. The van der Waals surface area contributed by atoms with Gasteiger partial charge in [-0.25, -0.2) is 5.10 Å². The molecule has 0 aliphatic carbocycles. The highest BCUT2D eigenvalue weighted by Crippen LogP contribution is 2.13. The Morgan fingerprint density at radius 3 is 2.52 bits per heavy atom. The number of aromatic nitrogens is 2. The largest absolute Gasteiger partial charge is 0.370 e. The lowest BCUT2D eigenvalue weighted by Crippen LogP contribution is -3.12. The number of carbonyl (C=O) groups excluding carboxylic acids is 1. The highest BCUT2D eigenvalue weighted by Gasteiger charge is 2.16. The van der Waals surface area contributed by atoms with E-state index in [-0.39, 0.29) is 17.9 Å². The molecule has 0 unspecified atom stereocenters. The summed E-state index contributed by atoms with van der Waals surface area (Å²) in [5.41, 5.74) is 2.70. The van der Waals surface area contributed by atoms with E-state index in [9.17, 15) is 9.59 Å². The number of nitrogens with zero attached hydrogens (tertiary/aromatic N) is 1. The van der Waals surface area contributed by atoms with Gasteiger partial charge >= 0.3 is 0 Å². The Labute approximate surface area is 168 Å². The van der Waals surface area contributed by atoms with Crippen molar-refractivity contribution in [2.75, 3.05) is 26.3 Å². The molecule has 7 heteroatoms. The second-order valence-corrected chi connectivity index (χ2v) is 7.31. The fourth-order valence-electron chi connectivity index (χ4n) is 3.72. The zero-order chi connectivity index (χ0) is 20.1. The Morgan fingerprint density at radius 2 is 1.72 bits per heavy atom. The van der Waals surface area contributed by atoms with Gasteiger partial charge in [-0.05, 0) is 11.6 Å². The number of morpholine rings is 1. The molecule has 0 bridgehead atoms. The molecule has 150 valence electrons. The molecule has 3 aromatic rings. The second kappa shape index (κ2) is 8.98. The molecule has 0 saturated carbocycles. The molecule has 1 fully saturated rings. The van der Waals surface area contributed by atoms with Crippen LogP contribution >= 0.6 is 0 Å². The highest BCUT2D eigenvalue weighted by atomic mass is 16.5. The topological polar surface area (TPSA) is 88.5 Å². The number of quaternary nitrogens is 1. The summed E-state index contributed by atoms with van der Waals surface area (Å²) in [7, 11) is 0. The van der Waals surface area contributed by atoms with Crippen LogP contribution in [-0.4, -0.2) is 42.4 Å². The van der Waals surface area contributed by atoms with Crippen molar-refractivity contribution in [1.82, 2.24) is 15.5 Å². The molecule has 1 amide bonds. The van der Waals surface area contributed by atoms with Crippen LogP contribution in [0.25, 0.3) is 10.8 Å². The van der Waals surface area contributed by atoms with E-state index in [0.29, 0.717) is 23.0 Å². The molecular formula is C22H25N4O3+. The molecule has 0 spiro atoms. The van der Waals surface area contributed by atoms with Crippen molar-refractivity contribution in [3.05, 3.63) is 75.7 Å². The molecule has 1 aliphatic rings. The molecular weight excluding hydrogens is 368 g/mol. The minimum atomic E-state index is -0.246. The van der Waals surface area contributed by atoms with Gasteiger partial charge in [0.05, 0.1) is 30.7 Å². The number of carbonyl (C=O) groups is 1. The number of rotatable bonds is 6. The average Bonchev–Trinajstić information content (AvgIpc) is 2.76. The number of fused-ring (bicyclic) bond motifs is 1. The Balaban J connectivity index is 1.42. The number of nitrogens with one attached hydrogen (secondary N) is 3. The van der Waals surface area contributed by atoms with Crippen molar-refractivity contribution in [2.24, 2.45) is 0 Å². The molecule has 29 heavy (non-hydrogen) atoms. The van der Waals surface area contributed by atoms with Crippen LogP contribution in [0.1, 0.15) is 16.8 Å². The van der Waals surface area contributed by atoms with Gasteiger partial charge in [0.1, 0.15) is 19.6 Å². The second-order valence-electron chi connectivity index (χ2n) is 7.31. The zero-order valence-electron chi connectivity index (χ0n) is 16.2. The van der Waals surface area contributed by atoms with Gasteiger partial charge in [-0.3, -0.25) is 9.59 Å². The van der Waals surface area contributed by atoms with E-state index in [1.54, 1.807) is 12.1 Å². The van der Waals surface area contributed by atoms with E-state index in [1.807, 2.05) is 24.3 Å². The van der Waals surface area contributed by atoms with Crippen LogP contribution in [0.2, 0.25) is 0 Å². The predicted molar refractivity (Wildman–Crippen MR) is 110 cm³/mol. The number of hydrogen-bond acceptors (Lipinski definition) is 4. The van der Waals surface area contributed by atoms with E-state index in [2.05, 4.69) is 27.6 Å². The summed E-state index contributed by atoms with van der Waals surface area (Å²) >= 11 is 0. The van der Waals surface area contributed by atoms with Crippen molar-refractivity contribution in [1.29, 1.82) is 0 Å². The lowest BCUT2D eigenvalue weighted by Gasteiger charge is -2.24. The SMILES string of the molecule is O=C(Cc1n[nH]c(=O)c2ccccc12)NCc1ccccc1C[NH+]1CCOCC1. The number of benzene rings is 2. The molecule has 7 nitrogen and oxygen atoms in total. The first-order valence-electron chi connectivity index (χ1n) is 9.92. The lowest BCUT2D eigenvalue weighted by molar-refractivity contribution is -0.921. The minimum absolute atomic E-state index is 0.119. The first kappa shape index (κ1) is 19.3. The fraction of sp³-hybridized carbons (Fsp3) is 0.318. The van der Waals surface area contributed by atoms with Gasteiger partial charge in [-0.2, -0.15) is 5.10 Å². The number of hydrogen-bond donors (Lipinski definition) is 3. The number of ether oxygens (including phenoxy) is 1. The van der Waals surface area contributed by atoms with Crippen LogP contribution in [0.15, 0.2) is 53.3 Å². The van der Waals surface area contributed by atoms with E-state index in [0.717, 1.165) is 38.4 Å². The van der Waals surface area contributed by atoms with Gasteiger partial charge in [0.15, 0.2) is 0 Å². The summed E-state index contributed by atoms with van der Waals surface area (Å²) < 4.78 is 5.44. The molecule has 0 atom stereocenters. The average molecular weight is 393 g/mol. The number of H-pyrrole nitrogens is 1. The Bertz CT molecular complexity index is 1060. The minimum Gasteiger partial charge on any atom is -0.370 e. The van der Waals surface area contributed by atoms with Crippen molar-refractivity contribution in [3.8, 4) is 0 Å². The summed E-state index contributed by atoms with van der Waals surface area (Å²) in [4.78, 5) is 25.9. The van der Waals surface area contributed by atoms with Crippen LogP contribution in [0.4, 0.5) is 0 Å². The van der Waals surface area contributed by atoms with Crippen LogP contribution in [0, 0.1) is 0 Å². The van der Waals surface area contributed by atoms with Crippen LogP contribution in [-0.2, 0) is 29.0 Å². The summed E-state index contributed by atoms with van der Waals surface area (Å²) in [6, 6.07) is 15.4. The standard InChI is InChI=1S/C22H24N4O3/c27-21(13-20-18-7-3-4-8-19(18)22(28)25-24-20)23-14-16-5-1-2-6-17(16)15-26-9-11-29-12-10-26/h1-8H,9-15H2,(H,23,27)(H,25,28)/p+1. The summed E-state index contributed by atoms with van der Waals surface area (Å²) in [6.45, 7) is 5.02. The van der Waals surface area contributed by atoms with Crippen molar-refractivity contribution < 1.29 is 14.4 Å². The van der Waals surface area contributed by atoms with E-state index >= 15 is 0 Å². The maximum atomic E-state index is 12.6. The third-order valence-electron chi connectivity index (χ3n) is 5.34. The van der Waals surface area contributed by atoms with Crippen molar-refractivity contribution in [2.45, 2.75) is 19.5 Å². The zero-order valence-corrected chi connectivity index (χ0v) is 16.2. The smallest absolute Gasteiger partial charge is 0.272 e. The highest BCUT2D eigenvalue weighted by molar-refractivity contribution is 5.88.